The van der Waals surface area contributed by atoms with E-state index >= 15 is 0 Å². The highest BCUT2D eigenvalue weighted by Gasteiger charge is 2.21. The van der Waals surface area contributed by atoms with Gasteiger partial charge in [0.2, 0.25) is 0 Å². The smallest absolute Gasteiger partial charge is 0.0899 e. The van der Waals surface area contributed by atoms with E-state index in [4.69, 9.17) is 4.84 Å². The monoisotopic (exact) mass is 170 g/mol. The average Bonchev–Trinajstić information content (AvgIpc) is 2.50. The van der Waals surface area contributed by atoms with Gasteiger partial charge in [-0.05, 0) is 12.6 Å². The second-order valence-corrected chi connectivity index (χ2v) is 3.11. The van der Waals surface area contributed by atoms with Crippen molar-refractivity contribution in [1.29, 1.82) is 0 Å². The summed E-state index contributed by atoms with van der Waals surface area (Å²) in [5.74, 6) is 0. The van der Waals surface area contributed by atoms with Crippen LogP contribution in [0.25, 0.3) is 0 Å². The Hall–Kier alpha value is -0.540. The van der Waals surface area contributed by atoms with E-state index in [1.165, 1.54) is 12.8 Å². The number of hydroxylamine groups is 2. The minimum absolute atomic E-state index is 0.430. The highest BCUT2D eigenvalue weighted by Crippen LogP contribution is 2.06. The highest BCUT2D eigenvalue weighted by molar-refractivity contribution is 4.78. The Kier molecular flexibility index (Phi) is 4.11. The topological polar surface area (TPSA) is 24.5 Å². The normalized spacial score (nSPS) is 24.2. The molecular weight excluding hydrogens is 152 g/mol. The fourth-order valence-electron chi connectivity index (χ4n) is 1.30. The van der Waals surface area contributed by atoms with Crippen LogP contribution in [0.5, 0.6) is 0 Å². The molecule has 0 aromatic rings. The van der Waals surface area contributed by atoms with Gasteiger partial charge in [0, 0.05) is 13.1 Å². The van der Waals surface area contributed by atoms with E-state index in [1.807, 2.05) is 5.06 Å². The molecule has 1 heterocycles. The van der Waals surface area contributed by atoms with Crippen LogP contribution in [0.2, 0.25) is 0 Å². The molecule has 1 aliphatic rings. The molecular formula is C9H18N2O. The van der Waals surface area contributed by atoms with Crippen LogP contribution in [-0.2, 0) is 4.84 Å². The zero-order valence-corrected chi connectivity index (χ0v) is 7.75. The van der Waals surface area contributed by atoms with Crippen molar-refractivity contribution in [3.8, 4) is 0 Å². The molecule has 0 saturated carbocycles. The number of hydrogen-bond donors (Lipinski definition) is 1. The predicted octanol–water partition coefficient (Wildman–Crippen LogP) is 1.14. The van der Waals surface area contributed by atoms with Gasteiger partial charge in [0.25, 0.3) is 0 Å². The van der Waals surface area contributed by atoms with Crippen LogP contribution in [0.1, 0.15) is 19.8 Å². The molecule has 70 valence electrons. The lowest BCUT2D eigenvalue weighted by Crippen LogP contribution is -2.30. The molecule has 3 nitrogen and oxygen atoms in total. The van der Waals surface area contributed by atoms with Crippen molar-refractivity contribution in [3.05, 3.63) is 12.8 Å². The first kappa shape index (κ1) is 9.55. The van der Waals surface area contributed by atoms with Crippen LogP contribution in [-0.4, -0.2) is 30.8 Å². The number of rotatable bonds is 5. The van der Waals surface area contributed by atoms with Crippen LogP contribution < -0.4 is 5.32 Å². The van der Waals surface area contributed by atoms with Gasteiger partial charge in [0.05, 0.1) is 12.6 Å². The summed E-state index contributed by atoms with van der Waals surface area (Å²) in [6, 6.07) is 0.430. The quantitative estimate of drug-likeness (QED) is 0.669. The molecule has 0 aromatic heterocycles. The molecule has 0 aliphatic carbocycles. The second kappa shape index (κ2) is 5.17. The highest BCUT2D eigenvalue weighted by atomic mass is 16.7. The van der Waals surface area contributed by atoms with Gasteiger partial charge in [0.1, 0.15) is 0 Å². The number of nitrogens with zero attached hydrogens (tertiary/aromatic N) is 1. The van der Waals surface area contributed by atoms with Gasteiger partial charge in [-0.2, -0.15) is 5.06 Å². The van der Waals surface area contributed by atoms with Gasteiger partial charge in [-0.15, -0.1) is 0 Å². The zero-order valence-electron chi connectivity index (χ0n) is 7.75. The molecule has 1 N–H and O–H groups in total. The molecule has 1 fully saturated rings. The molecule has 0 radical (unpaired) electrons. The van der Waals surface area contributed by atoms with Crippen molar-refractivity contribution in [2.24, 2.45) is 0 Å². The summed E-state index contributed by atoms with van der Waals surface area (Å²) < 4.78 is 0. The first-order valence-electron chi connectivity index (χ1n) is 4.61. The summed E-state index contributed by atoms with van der Waals surface area (Å²) in [7, 11) is 0. The Labute approximate surface area is 74.3 Å². The van der Waals surface area contributed by atoms with Crippen LogP contribution in [0.3, 0.4) is 0 Å². The Morgan fingerprint density at radius 2 is 2.58 bits per heavy atom. The minimum atomic E-state index is 0.430. The minimum Gasteiger partial charge on any atom is -0.385 e. The third-order valence-electron chi connectivity index (χ3n) is 2.00. The summed E-state index contributed by atoms with van der Waals surface area (Å²) >= 11 is 0. The molecule has 1 atom stereocenters. The van der Waals surface area contributed by atoms with Gasteiger partial charge >= 0.3 is 0 Å². The molecule has 0 spiro atoms. The molecule has 1 aliphatic heterocycles. The van der Waals surface area contributed by atoms with Crippen LogP contribution in [0, 0.1) is 0 Å². The molecule has 3 heteroatoms. The van der Waals surface area contributed by atoms with E-state index in [2.05, 4.69) is 18.8 Å². The zero-order chi connectivity index (χ0) is 8.81. The second-order valence-electron chi connectivity index (χ2n) is 3.11. The summed E-state index contributed by atoms with van der Waals surface area (Å²) in [6.07, 6.45) is 4.16. The Morgan fingerprint density at radius 3 is 3.25 bits per heavy atom. The first-order chi connectivity index (χ1) is 5.86. The third-order valence-corrected chi connectivity index (χ3v) is 2.00. The molecule has 1 unspecified atom stereocenters. The maximum Gasteiger partial charge on any atom is 0.0899 e. The SMILES string of the molecule is C=CNC1CON(CCCC)C1. The summed E-state index contributed by atoms with van der Waals surface area (Å²) in [4.78, 5) is 5.44. The average molecular weight is 170 g/mol. The predicted molar refractivity (Wildman–Crippen MR) is 49.6 cm³/mol. The number of unbranched alkanes of at least 4 members (excludes halogenated alkanes) is 1. The fraction of sp³-hybridized carbons (Fsp3) is 0.778. The van der Waals surface area contributed by atoms with Crippen molar-refractivity contribution in [2.45, 2.75) is 25.8 Å². The van der Waals surface area contributed by atoms with Gasteiger partial charge in [-0.25, -0.2) is 0 Å². The van der Waals surface area contributed by atoms with Crippen molar-refractivity contribution < 1.29 is 4.84 Å². The van der Waals surface area contributed by atoms with Crippen LogP contribution in [0.4, 0.5) is 0 Å². The van der Waals surface area contributed by atoms with Crippen molar-refractivity contribution in [2.75, 3.05) is 19.7 Å². The van der Waals surface area contributed by atoms with Crippen LogP contribution >= 0.6 is 0 Å². The van der Waals surface area contributed by atoms with E-state index in [0.29, 0.717) is 6.04 Å². The van der Waals surface area contributed by atoms with Gasteiger partial charge in [-0.3, -0.25) is 4.84 Å². The third kappa shape index (κ3) is 2.83. The maximum absolute atomic E-state index is 5.44. The van der Waals surface area contributed by atoms with E-state index < -0.39 is 0 Å². The van der Waals surface area contributed by atoms with E-state index in [1.54, 1.807) is 6.20 Å². The largest absolute Gasteiger partial charge is 0.385 e. The van der Waals surface area contributed by atoms with E-state index in [0.717, 1.165) is 19.7 Å². The maximum atomic E-state index is 5.44. The summed E-state index contributed by atoms with van der Waals surface area (Å²) in [5, 5.41) is 5.18. The Bertz CT molecular complexity index is 138. The van der Waals surface area contributed by atoms with E-state index in [9.17, 15) is 0 Å². The van der Waals surface area contributed by atoms with E-state index in [-0.39, 0.29) is 0 Å². The first-order valence-corrected chi connectivity index (χ1v) is 4.61. The Morgan fingerprint density at radius 1 is 1.75 bits per heavy atom. The van der Waals surface area contributed by atoms with Crippen molar-refractivity contribution in [1.82, 2.24) is 10.4 Å². The molecule has 0 amide bonds. The molecule has 0 bridgehead atoms. The lowest BCUT2D eigenvalue weighted by molar-refractivity contribution is -0.110. The lowest BCUT2D eigenvalue weighted by Gasteiger charge is -2.12. The van der Waals surface area contributed by atoms with Gasteiger partial charge in [-0.1, -0.05) is 19.9 Å². The fourth-order valence-corrected chi connectivity index (χ4v) is 1.30. The van der Waals surface area contributed by atoms with Crippen molar-refractivity contribution in [3.63, 3.8) is 0 Å². The molecule has 1 rings (SSSR count). The standard InChI is InChI=1S/C9H18N2O/c1-3-5-6-11-7-9(8-12-11)10-4-2/h4,9-10H,2-3,5-8H2,1H3. The molecule has 12 heavy (non-hydrogen) atoms. The number of nitrogens with one attached hydrogen (secondary N) is 1. The van der Waals surface area contributed by atoms with Gasteiger partial charge in [0.15, 0.2) is 0 Å². The molecule has 0 aromatic carbocycles. The summed E-state index contributed by atoms with van der Waals surface area (Å²) in [5.41, 5.74) is 0. The lowest BCUT2D eigenvalue weighted by atomic mass is 10.3. The van der Waals surface area contributed by atoms with Crippen molar-refractivity contribution >= 4 is 0 Å². The number of hydrogen-bond acceptors (Lipinski definition) is 3. The summed E-state index contributed by atoms with van der Waals surface area (Å²) in [6.45, 7) is 8.62. The molecule has 1 saturated heterocycles. The van der Waals surface area contributed by atoms with Crippen LogP contribution in [0.15, 0.2) is 12.8 Å². The van der Waals surface area contributed by atoms with Gasteiger partial charge < -0.3 is 5.32 Å². The Balaban J connectivity index is 2.12.